The lowest BCUT2D eigenvalue weighted by atomic mass is 10.0. The SMILES string of the molecule is c1ccc(C2CC(Nc3ccc([C@H]4CNCCO4)cc3)NN2)cc1. The molecule has 0 aliphatic carbocycles. The molecule has 2 aliphatic rings. The minimum absolute atomic E-state index is 0.168. The number of hydrogen-bond donors (Lipinski definition) is 4. The lowest BCUT2D eigenvalue weighted by Crippen LogP contribution is -2.35. The molecule has 126 valence electrons. The van der Waals surface area contributed by atoms with E-state index in [-0.39, 0.29) is 12.3 Å². The standard InChI is InChI=1S/C19H24N4O/c1-2-4-14(5-3-1)17-12-19(23-22-17)21-16-8-6-15(7-9-16)18-13-20-10-11-24-18/h1-9,17-23H,10-13H2/t17?,18-,19?/m1/s1. The van der Waals surface area contributed by atoms with Crippen molar-refractivity contribution in [2.75, 3.05) is 25.0 Å². The lowest BCUT2D eigenvalue weighted by Gasteiger charge is -2.24. The molecule has 0 amide bonds. The summed E-state index contributed by atoms with van der Waals surface area (Å²) in [6.07, 6.45) is 1.39. The minimum atomic E-state index is 0.168. The number of nitrogens with one attached hydrogen (secondary N) is 4. The molecule has 3 atom stereocenters. The van der Waals surface area contributed by atoms with Crippen molar-refractivity contribution in [3.8, 4) is 0 Å². The summed E-state index contributed by atoms with van der Waals surface area (Å²) in [6.45, 7) is 2.61. The Kier molecular flexibility index (Phi) is 4.76. The molecule has 0 aromatic heterocycles. The summed E-state index contributed by atoms with van der Waals surface area (Å²) in [5, 5.41) is 6.91. The van der Waals surface area contributed by atoms with E-state index in [1.807, 2.05) is 0 Å². The van der Waals surface area contributed by atoms with Crippen LogP contribution in [0.5, 0.6) is 0 Å². The van der Waals surface area contributed by atoms with Crippen LogP contribution in [0, 0.1) is 0 Å². The van der Waals surface area contributed by atoms with Crippen molar-refractivity contribution in [3.05, 3.63) is 65.7 Å². The van der Waals surface area contributed by atoms with Crippen LogP contribution < -0.4 is 21.5 Å². The molecule has 5 heteroatoms. The van der Waals surface area contributed by atoms with E-state index in [9.17, 15) is 0 Å². The van der Waals surface area contributed by atoms with Gasteiger partial charge in [0.25, 0.3) is 0 Å². The summed E-state index contributed by atoms with van der Waals surface area (Å²) in [5.41, 5.74) is 10.4. The fourth-order valence-electron chi connectivity index (χ4n) is 3.33. The Morgan fingerprint density at radius 2 is 1.75 bits per heavy atom. The average Bonchev–Trinajstić information content (AvgIpc) is 3.12. The molecule has 2 heterocycles. The summed E-state index contributed by atoms with van der Waals surface area (Å²) >= 11 is 0. The molecule has 2 fully saturated rings. The van der Waals surface area contributed by atoms with E-state index < -0.39 is 0 Å². The molecule has 4 rings (SSSR count). The fraction of sp³-hybridized carbons (Fsp3) is 0.368. The maximum absolute atomic E-state index is 5.80. The van der Waals surface area contributed by atoms with Gasteiger partial charge in [0.1, 0.15) is 0 Å². The van der Waals surface area contributed by atoms with Gasteiger partial charge in [0.2, 0.25) is 0 Å². The van der Waals surface area contributed by atoms with Gasteiger partial charge in [-0.05, 0) is 23.3 Å². The second kappa shape index (κ2) is 7.32. The van der Waals surface area contributed by atoms with E-state index in [0.29, 0.717) is 6.04 Å². The zero-order valence-electron chi connectivity index (χ0n) is 13.7. The highest BCUT2D eigenvalue weighted by molar-refractivity contribution is 5.46. The third-order valence-electron chi connectivity index (χ3n) is 4.66. The molecule has 5 nitrogen and oxygen atoms in total. The van der Waals surface area contributed by atoms with Crippen molar-refractivity contribution in [1.29, 1.82) is 0 Å². The highest BCUT2D eigenvalue weighted by Crippen LogP contribution is 2.24. The van der Waals surface area contributed by atoms with E-state index in [2.05, 4.69) is 76.1 Å². The van der Waals surface area contributed by atoms with Gasteiger partial charge < -0.3 is 15.4 Å². The summed E-state index contributed by atoms with van der Waals surface area (Å²) in [7, 11) is 0. The summed E-state index contributed by atoms with van der Waals surface area (Å²) in [5.74, 6) is 0. The first-order chi connectivity index (χ1) is 11.9. The molecule has 4 N–H and O–H groups in total. The number of anilines is 1. The first-order valence-corrected chi connectivity index (χ1v) is 8.63. The Morgan fingerprint density at radius 1 is 0.917 bits per heavy atom. The molecular weight excluding hydrogens is 300 g/mol. The van der Waals surface area contributed by atoms with Crippen molar-refractivity contribution in [1.82, 2.24) is 16.2 Å². The van der Waals surface area contributed by atoms with Crippen LogP contribution in [0.4, 0.5) is 5.69 Å². The maximum atomic E-state index is 5.80. The number of benzene rings is 2. The van der Waals surface area contributed by atoms with Crippen LogP contribution in [0.1, 0.15) is 29.7 Å². The van der Waals surface area contributed by atoms with Gasteiger partial charge in [0, 0.05) is 31.2 Å². The predicted molar refractivity (Wildman–Crippen MR) is 95.5 cm³/mol. The monoisotopic (exact) mass is 324 g/mol. The van der Waals surface area contributed by atoms with Gasteiger partial charge in [-0.2, -0.15) is 0 Å². The lowest BCUT2D eigenvalue weighted by molar-refractivity contribution is 0.0277. The maximum Gasteiger partial charge on any atom is 0.0949 e. The largest absolute Gasteiger partial charge is 0.371 e. The predicted octanol–water partition coefficient (Wildman–Crippen LogP) is 2.32. The van der Waals surface area contributed by atoms with Crippen LogP contribution in [0.2, 0.25) is 0 Å². The Labute approximate surface area is 142 Å². The second-order valence-electron chi connectivity index (χ2n) is 6.37. The zero-order valence-corrected chi connectivity index (χ0v) is 13.7. The average molecular weight is 324 g/mol. The van der Waals surface area contributed by atoms with Crippen LogP contribution in [0.25, 0.3) is 0 Å². The topological polar surface area (TPSA) is 57.4 Å². The fourth-order valence-corrected chi connectivity index (χ4v) is 3.33. The van der Waals surface area contributed by atoms with Crippen molar-refractivity contribution in [3.63, 3.8) is 0 Å². The van der Waals surface area contributed by atoms with Gasteiger partial charge in [-0.1, -0.05) is 42.5 Å². The van der Waals surface area contributed by atoms with Crippen molar-refractivity contribution in [2.24, 2.45) is 0 Å². The van der Waals surface area contributed by atoms with Crippen molar-refractivity contribution < 1.29 is 4.74 Å². The van der Waals surface area contributed by atoms with Gasteiger partial charge in [0.05, 0.1) is 18.9 Å². The highest BCUT2D eigenvalue weighted by atomic mass is 16.5. The van der Waals surface area contributed by atoms with Gasteiger partial charge in [-0.3, -0.25) is 0 Å². The summed E-state index contributed by atoms with van der Waals surface area (Å²) < 4.78 is 5.80. The molecule has 0 bridgehead atoms. The number of morpholine rings is 1. The first kappa shape index (κ1) is 15.6. The molecule has 0 saturated carbocycles. The Hall–Kier alpha value is -1.92. The third kappa shape index (κ3) is 3.60. The molecule has 2 aromatic carbocycles. The summed E-state index contributed by atoms with van der Waals surface area (Å²) in [4.78, 5) is 0. The van der Waals surface area contributed by atoms with Gasteiger partial charge in [-0.15, -0.1) is 0 Å². The highest BCUT2D eigenvalue weighted by Gasteiger charge is 2.24. The molecule has 24 heavy (non-hydrogen) atoms. The number of hydrogen-bond acceptors (Lipinski definition) is 5. The second-order valence-corrected chi connectivity index (χ2v) is 6.37. The Morgan fingerprint density at radius 3 is 2.50 bits per heavy atom. The minimum Gasteiger partial charge on any atom is -0.371 e. The number of rotatable bonds is 4. The smallest absolute Gasteiger partial charge is 0.0949 e. The van der Waals surface area contributed by atoms with Crippen LogP contribution in [-0.2, 0) is 4.74 Å². The van der Waals surface area contributed by atoms with Crippen LogP contribution in [-0.4, -0.2) is 25.9 Å². The van der Waals surface area contributed by atoms with Gasteiger partial charge >= 0.3 is 0 Å². The van der Waals surface area contributed by atoms with Gasteiger partial charge in [-0.25, -0.2) is 10.9 Å². The van der Waals surface area contributed by atoms with Crippen LogP contribution >= 0.6 is 0 Å². The summed E-state index contributed by atoms with van der Waals surface area (Å²) in [6, 6.07) is 19.4. The molecule has 2 aromatic rings. The Balaban J connectivity index is 1.34. The molecule has 2 unspecified atom stereocenters. The molecular formula is C19H24N4O. The van der Waals surface area contributed by atoms with Crippen molar-refractivity contribution in [2.45, 2.75) is 24.7 Å². The molecule has 2 saturated heterocycles. The van der Waals surface area contributed by atoms with Crippen LogP contribution in [0.3, 0.4) is 0 Å². The van der Waals surface area contributed by atoms with E-state index >= 15 is 0 Å². The van der Waals surface area contributed by atoms with Gasteiger partial charge in [0.15, 0.2) is 0 Å². The zero-order chi connectivity index (χ0) is 16.2. The first-order valence-electron chi connectivity index (χ1n) is 8.63. The number of hydrazine groups is 1. The Bertz CT molecular complexity index is 640. The number of ether oxygens (including phenoxy) is 1. The van der Waals surface area contributed by atoms with E-state index in [1.165, 1.54) is 11.1 Å². The van der Waals surface area contributed by atoms with E-state index in [0.717, 1.165) is 31.8 Å². The molecule has 2 aliphatic heterocycles. The quantitative estimate of drug-likeness (QED) is 0.695. The molecule has 0 spiro atoms. The van der Waals surface area contributed by atoms with Crippen molar-refractivity contribution >= 4 is 5.69 Å². The third-order valence-corrected chi connectivity index (χ3v) is 4.66. The van der Waals surface area contributed by atoms with Crippen LogP contribution in [0.15, 0.2) is 54.6 Å². The van der Waals surface area contributed by atoms with E-state index in [1.54, 1.807) is 0 Å². The van der Waals surface area contributed by atoms with E-state index in [4.69, 9.17) is 4.74 Å². The molecule has 0 radical (unpaired) electrons. The normalized spacial score (nSPS) is 27.1.